The standard InChI is InChI=1S/2C4H10NO2P.3CH4/c2*1-4-8(6,5-2)7-3;;;/h2*2,4H2,1,3H3;3*1H4. The second-order valence-corrected chi connectivity index (χ2v) is 7.67. The summed E-state index contributed by atoms with van der Waals surface area (Å²) in [6.45, 7) is 9.77. The highest BCUT2D eigenvalue weighted by Gasteiger charge is 2.13. The van der Waals surface area contributed by atoms with E-state index >= 15 is 0 Å². The van der Waals surface area contributed by atoms with Crippen molar-refractivity contribution in [1.29, 1.82) is 0 Å². The summed E-state index contributed by atoms with van der Waals surface area (Å²) in [5.41, 5.74) is 0. The molecular formula is C11H32N2O4P2. The minimum atomic E-state index is -2.65. The summed E-state index contributed by atoms with van der Waals surface area (Å²) in [5, 5.41) is 0. The zero-order valence-corrected chi connectivity index (χ0v) is 12.0. The molecule has 0 aliphatic heterocycles. The van der Waals surface area contributed by atoms with E-state index in [4.69, 9.17) is 0 Å². The summed E-state index contributed by atoms with van der Waals surface area (Å²) in [5.74, 6) is 0. The molecule has 0 radical (unpaired) electrons. The molecule has 2 unspecified atom stereocenters. The topological polar surface area (TPSA) is 77.3 Å². The molecule has 19 heavy (non-hydrogen) atoms. The Hall–Kier alpha value is -0.280. The maximum absolute atomic E-state index is 10.9. The SMILES string of the molecule is C.C.C.C=NP(=O)(CC)OC.C=NP(=O)(CC)OC. The van der Waals surface area contributed by atoms with Crippen LogP contribution in [0.3, 0.4) is 0 Å². The summed E-state index contributed by atoms with van der Waals surface area (Å²) in [7, 11) is -2.55. The monoisotopic (exact) mass is 318 g/mol. The summed E-state index contributed by atoms with van der Waals surface area (Å²) in [6.07, 6.45) is 0.847. The summed E-state index contributed by atoms with van der Waals surface area (Å²) in [4.78, 5) is 0. The molecule has 0 heterocycles. The first-order chi connectivity index (χ1) is 7.36. The van der Waals surface area contributed by atoms with Gasteiger partial charge in [-0.15, -0.1) is 0 Å². The highest BCUT2D eigenvalue weighted by Crippen LogP contribution is 2.46. The molecule has 0 fully saturated rings. The summed E-state index contributed by atoms with van der Waals surface area (Å²) in [6, 6.07) is 0. The Kier molecular flexibility index (Phi) is 25.9. The molecule has 120 valence electrons. The largest absolute Gasteiger partial charge is 0.316 e. The van der Waals surface area contributed by atoms with Gasteiger partial charge >= 0.3 is 15.0 Å². The zero-order chi connectivity index (χ0) is 13.2. The minimum Gasteiger partial charge on any atom is -0.316 e. The molecular weight excluding hydrogens is 286 g/mol. The summed E-state index contributed by atoms with van der Waals surface area (Å²) >= 11 is 0. The average molecular weight is 318 g/mol. The Balaban J connectivity index is -0.0000000594. The van der Waals surface area contributed by atoms with E-state index < -0.39 is 15.0 Å². The van der Waals surface area contributed by atoms with Crippen molar-refractivity contribution in [3.8, 4) is 0 Å². The van der Waals surface area contributed by atoms with E-state index in [0.29, 0.717) is 12.3 Å². The highest BCUT2D eigenvalue weighted by molar-refractivity contribution is 7.57. The van der Waals surface area contributed by atoms with Crippen LogP contribution in [0, 0.1) is 0 Å². The molecule has 2 atom stereocenters. The normalized spacial score (nSPS) is 14.5. The van der Waals surface area contributed by atoms with Crippen LogP contribution in [0.4, 0.5) is 0 Å². The van der Waals surface area contributed by atoms with Gasteiger partial charge in [-0.05, 0) is 13.4 Å². The lowest BCUT2D eigenvalue weighted by Crippen LogP contribution is -1.82. The molecule has 0 aromatic rings. The van der Waals surface area contributed by atoms with Gasteiger partial charge in [0, 0.05) is 26.5 Å². The minimum absolute atomic E-state index is 0. The van der Waals surface area contributed by atoms with Crippen LogP contribution in [-0.4, -0.2) is 40.0 Å². The van der Waals surface area contributed by atoms with Gasteiger partial charge in [0.2, 0.25) is 0 Å². The summed E-state index contributed by atoms with van der Waals surface area (Å²) < 4.78 is 37.5. The molecule has 0 aromatic carbocycles. The second kappa shape index (κ2) is 15.8. The van der Waals surface area contributed by atoms with Crippen molar-refractivity contribution in [2.24, 2.45) is 9.53 Å². The lowest BCUT2D eigenvalue weighted by Gasteiger charge is -2.04. The quantitative estimate of drug-likeness (QED) is 0.510. The van der Waals surface area contributed by atoms with Gasteiger partial charge in [-0.2, -0.15) is 0 Å². The third-order valence-corrected chi connectivity index (χ3v) is 5.40. The van der Waals surface area contributed by atoms with Crippen LogP contribution >= 0.6 is 15.0 Å². The molecule has 0 spiro atoms. The van der Waals surface area contributed by atoms with E-state index in [1.807, 2.05) is 0 Å². The Morgan fingerprint density at radius 2 is 1.05 bits per heavy atom. The Morgan fingerprint density at radius 3 is 1.05 bits per heavy atom. The molecule has 0 aliphatic rings. The van der Waals surface area contributed by atoms with Crippen molar-refractivity contribution in [2.45, 2.75) is 36.1 Å². The van der Waals surface area contributed by atoms with Crippen LogP contribution in [-0.2, 0) is 18.2 Å². The van der Waals surface area contributed by atoms with Crippen LogP contribution in [0.5, 0.6) is 0 Å². The van der Waals surface area contributed by atoms with Crippen LogP contribution < -0.4 is 0 Å². The van der Waals surface area contributed by atoms with E-state index in [2.05, 4.69) is 32.0 Å². The molecule has 0 saturated heterocycles. The van der Waals surface area contributed by atoms with Crippen molar-refractivity contribution in [1.82, 2.24) is 0 Å². The predicted molar refractivity (Wildman–Crippen MR) is 89.6 cm³/mol. The lowest BCUT2D eigenvalue weighted by molar-refractivity contribution is 0.395. The van der Waals surface area contributed by atoms with E-state index in [1.165, 1.54) is 14.2 Å². The Labute approximate surface area is 119 Å². The van der Waals surface area contributed by atoms with Crippen LogP contribution in [0.2, 0.25) is 0 Å². The first-order valence-electron chi connectivity index (χ1n) is 4.63. The third kappa shape index (κ3) is 13.9. The molecule has 0 aromatic heterocycles. The van der Waals surface area contributed by atoms with Gasteiger partial charge in [0.1, 0.15) is 0 Å². The molecule has 0 amide bonds. The Bertz CT molecular complexity index is 263. The maximum Gasteiger partial charge on any atom is 0.313 e. The van der Waals surface area contributed by atoms with Gasteiger partial charge in [0.15, 0.2) is 0 Å². The van der Waals surface area contributed by atoms with Crippen LogP contribution in [0.15, 0.2) is 9.53 Å². The van der Waals surface area contributed by atoms with Crippen molar-refractivity contribution in [2.75, 3.05) is 26.5 Å². The van der Waals surface area contributed by atoms with Crippen molar-refractivity contribution in [3.63, 3.8) is 0 Å². The van der Waals surface area contributed by atoms with Crippen LogP contribution in [0.25, 0.3) is 0 Å². The second-order valence-electron chi connectivity index (χ2n) is 2.56. The first kappa shape index (κ1) is 31.2. The average Bonchev–Trinajstić information content (AvgIpc) is 2.37. The number of hydrogen-bond acceptors (Lipinski definition) is 4. The van der Waals surface area contributed by atoms with Gasteiger partial charge in [-0.1, -0.05) is 36.1 Å². The highest BCUT2D eigenvalue weighted by atomic mass is 31.2. The van der Waals surface area contributed by atoms with Crippen molar-refractivity contribution < 1.29 is 18.2 Å². The number of hydrogen-bond donors (Lipinski definition) is 0. The zero-order valence-electron chi connectivity index (χ0n) is 10.3. The fraction of sp³-hybridized carbons (Fsp3) is 0.818. The van der Waals surface area contributed by atoms with Gasteiger partial charge in [0.25, 0.3) is 0 Å². The van der Waals surface area contributed by atoms with E-state index in [-0.39, 0.29) is 22.3 Å². The van der Waals surface area contributed by atoms with Gasteiger partial charge < -0.3 is 9.05 Å². The Morgan fingerprint density at radius 1 is 0.842 bits per heavy atom. The van der Waals surface area contributed by atoms with Gasteiger partial charge in [-0.3, -0.25) is 9.13 Å². The van der Waals surface area contributed by atoms with Crippen LogP contribution in [0.1, 0.15) is 36.1 Å². The molecule has 0 saturated carbocycles. The molecule has 8 heteroatoms. The smallest absolute Gasteiger partial charge is 0.313 e. The van der Waals surface area contributed by atoms with E-state index in [0.717, 1.165) is 0 Å². The first-order valence-corrected chi connectivity index (χ1v) is 8.15. The van der Waals surface area contributed by atoms with E-state index in [9.17, 15) is 9.13 Å². The third-order valence-electron chi connectivity index (χ3n) is 1.80. The fourth-order valence-electron chi connectivity index (χ4n) is 0.574. The predicted octanol–water partition coefficient (Wildman–Crippen LogP) is 5.00. The van der Waals surface area contributed by atoms with E-state index in [1.54, 1.807) is 13.8 Å². The molecule has 0 bridgehead atoms. The number of nitrogens with zero attached hydrogens (tertiary/aromatic N) is 2. The molecule has 0 N–H and O–H groups in total. The van der Waals surface area contributed by atoms with Gasteiger partial charge in [0.05, 0.1) is 0 Å². The van der Waals surface area contributed by atoms with Crippen molar-refractivity contribution >= 4 is 28.5 Å². The maximum atomic E-state index is 10.9. The molecule has 0 aliphatic carbocycles. The van der Waals surface area contributed by atoms with Gasteiger partial charge in [-0.25, -0.2) is 9.53 Å². The molecule has 6 nitrogen and oxygen atoms in total. The fourth-order valence-corrected chi connectivity index (χ4v) is 1.72. The lowest BCUT2D eigenvalue weighted by atomic mass is 11.0. The molecule has 0 rings (SSSR count). The van der Waals surface area contributed by atoms with Crippen molar-refractivity contribution in [3.05, 3.63) is 0 Å². The number of rotatable bonds is 6.